The second-order valence-corrected chi connectivity index (χ2v) is 4.86. The van der Waals surface area contributed by atoms with Gasteiger partial charge in [0.1, 0.15) is 12.7 Å². The van der Waals surface area contributed by atoms with Crippen molar-refractivity contribution in [3.63, 3.8) is 0 Å². The molecule has 19 heavy (non-hydrogen) atoms. The summed E-state index contributed by atoms with van der Waals surface area (Å²) in [5.74, 6) is 10.1. The number of unbranched alkanes of at least 4 members (excludes halogenated alkanes) is 8. The maximum Gasteiger partial charge on any atom is 0.115 e. The van der Waals surface area contributed by atoms with Crippen LogP contribution >= 0.6 is 0 Å². The first-order valence-corrected chi connectivity index (χ1v) is 7.58. The molecule has 0 aliphatic rings. The Bertz CT molecular complexity index is 301. The Balaban J connectivity index is 3.31. The lowest BCUT2D eigenvalue weighted by atomic mass is 10.1. The van der Waals surface area contributed by atoms with Crippen LogP contribution in [-0.2, 0) is 0 Å². The molecule has 0 aliphatic carbocycles. The van der Waals surface area contributed by atoms with Crippen molar-refractivity contribution >= 4 is 0 Å². The minimum absolute atomic E-state index is 0.178. The number of hydrogen-bond donors (Lipinski definition) is 2. The molecule has 0 aromatic heterocycles. The van der Waals surface area contributed by atoms with Crippen LogP contribution in [0.4, 0.5) is 0 Å². The Morgan fingerprint density at radius 2 is 1.42 bits per heavy atom. The third-order valence-corrected chi connectivity index (χ3v) is 3.05. The van der Waals surface area contributed by atoms with Gasteiger partial charge in [0, 0.05) is 0 Å². The molecule has 108 valence electrons. The zero-order chi connectivity index (χ0) is 14.2. The van der Waals surface area contributed by atoms with Crippen LogP contribution in [0.25, 0.3) is 0 Å². The Hall–Kier alpha value is -0.960. The first-order valence-electron chi connectivity index (χ1n) is 7.58. The van der Waals surface area contributed by atoms with Gasteiger partial charge in [-0.05, 0) is 24.7 Å². The molecule has 0 saturated carbocycles. The highest BCUT2D eigenvalue weighted by Gasteiger charge is 1.98. The van der Waals surface area contributed by atoms with Gasteiger partial charge in [-0.2, -0.15) is 0 Å². The SMILES string of the molecule is CCCCCCCCCCC[C@@H](O)C#CC#CCO. The Kier molecular flexibility index (Phi) is 14.3. The first kappa shape index (κ1) is 18.0. The van der Waals surface area contributed by atoms with E-state index in [1.165, 1.54) is 51.4 Å². The molecule has 0 fully saturated rings. The minimum atomic E-state index is -0.572. The summed E-state index contributed by atoms with van der Waals surface area (Å²) >= 11 is 0. The normalized spacial score (nSPS) is 11.1. The third-order valence-electron chi connectivity index (χ3n) is 3.05. The molecule has 0 aliphatic heterocycles. The van der Waals surface area contributed by atoms with Crippen molar-refractivity contribution in [2.75, 3.05) is 6.61 Å². The zero-order valence-electron chi connectivity index (χ0n) is 12.2. The van der Waals surface area contributed by atoms with E-state index in [-0.39, 0.29) is 6.61 Å². The van der Waals surface area contributed by atoms with Crippen molar-refractivity contribution in [3.05, 3.63) is 0 Å². The highest BCUT2D eigenvalue weighted by atomic mass is 16.3. The fourth-order valence-electron chi connectivity index (χ4n) is 1.92. The lowest BCUT2D eigenvalue weighted by Crippen LogP contribution is -2.01. The van der Waals surface area contributed by atoms with Crippen LogP contribution in [0.5, 0.6) is 0 Å². The van der Waals surface area contributed by atoms with Gasteiger partial charge in [0.15, 0.2) is 0 Å². The van der Waals surface area contributed by atoms with E-state index in [9.17, 15) is 5.11 Å². The van der Waals surface area contributed by atoms with Gasteiger partial charge in [-0.25, -0.2) is 0 Å². The molecule has 2 N–H and O–H groups in total. The summed E-state index contributed by atoms with van der Waals surface area (Å²) in [5, 5.41) is 18.0. The average Bonchev–Trinajstić information content (AvgIpc) is 2.42. The zero-order valence-corrected chi connectivity index (χ0v) is 12.2. The van der Waals surface area contributed by atoms with Crippen LogP contribution in [0, 0.1) is 23.7 Å². The molecule has 0 spiro atoms. The van der Waals surface area contributed by atoms with Gasteiger partial charge in [-0.3, -0.25) is 0 Å². The summed E-state index contributed by atoms with van der Waals surface area (Å²) in [6, 6.07) is 0. The third kappa shape index (κ3) is 15.0. The van der Waals surface area contributed by atoms with Crippen molar-refractivity contribution in [2.45, 2.75) is 77.2 Å². The number of rotatable bonds is 10. The molecular weight excluding hydrogens is 236 g/mol. The fourth-order valence-corrected chi connectivity index (χ4v) is 1.92. The summed E-state index contributed by atoms with van der Waals surface area (Å²) in [6.07, 6.45) is 11.7. The molecule has 2 heteroatoms. The molecule has 0 radical (unpaired) electrons. The molecule has 1 atom stereocenters. The standard InChI is InChI=1S/C17H28O2/c1-2-3-4-5-6-7-8-9-11-14-17(19)15-12-10-13-16-18/h17-19H,2-9,11,14,16H2,1H3/t17-/m1/s1. The quantitative estimate of drug-likeness (QED) is 0.469. The second kappa shape index (κ2) is 15.1. The van der Waals surface area contributed by atoms with Gasteiger partial charge in [-0.1, -0.05) is 70.1 Å². The number of hydrogen-bond acceptors (Lipinski definition) is 2. The highest BCUT2D eigenvalue weighted by Crippen LogP contribution is 2.11. The summed E-state index contributed by atoms with van der Waals surface area (Å²) < 4.78 is 0. The molecule has 0 amide bonds. The lowest BCUT2D eigenvalue weighted by molar-refractivity contribution is 0.217. The molecular formula is C17H28O2. The van der Waals surface area contributed by atoms with Crippen LogP contribution in [0.15, 0.2) is 0 Å². The van der Waals surface area contributed by atoms with Crippen molar-refractivity contribution in [1.29, 1.82) is 0 Å². The maximum atomic E-state index is 9.54. The van der Waals surface area contributed by atoms with E-state index < -0.39 is 6.10 Å². The monoisotopic (exact) mass is 264 g/mol. The van der Waals surface area contributed by atoms with E-state index in [4.69, 9.17) is 5.11 Å². The molecule has 0 heterocycles. The van der Waals surface area contributed by atoms with Gasteiger partial charge >= 0.3 is 0 Å². The van der Waals surface area contributed by atoms with Crippen molar-refractivity contribution in [1.82, 2.24) is 0 Å². The van der Waals surface area contributed by atoms with Crippen LogP contribution < -0.4 is 0 Å². The van der Waals surface area contributed by atoms with E-state index >= 15 is 0 Å². The van der Waals surface area contributed by atoms with Crippen LogP contribution in [0.3, 0.4) is 0 Å². The summed E-state index contributed by atoms with van der Waals surface area (Å²) in [4.78, 5) is 0. The van der Waals surface area contributed by atoms with Crippen molar-refractivity contribution in [3.8, 4) is 23.7 Å². The first-order chi connectivity index (χ1) is 9.31. The minimum Gasteiger partial charge on any atom is -0.384 e. The van der Waals surface area contributed by atoms with E-state index in [2.05, 4.69) is 30.6 Å². The van der Waals surface area contributed by atoms with Crippen molar-refractivity contribution in [2.24, 2.45) is 0 Å². The topological polar surface area (TPSA) is 40.5 Å². The highest BCUT2D eigenvalue weighted by molar-refractivity contribution is 5.27. The molecule has 0 bridgehead atoms. The Labute approximate surface area is 118 Å². The predicted octanol–water partition coefficient (Wildman–Crippen LogP) is 3.27. The predicted molar refractivity (Wildman–Crippen MR) is 80.5 cm³/mol. The van der Waals surface area contributed by atoms with Crippen LogP contribution in [0.1, 0.15) is 71.1 Å². The van der Waals surface area contributed by atoms with Gasteiger partial charge < -0.3 is 10.2 Å². The molecule has 0 aromatic rings. The lowest BCUT2D eigenvalue weighted by Gasteiger charge is -2.03. The number of aliphatic hydroxyl groups excluding tert-OH is 2. The van der Waals surface area contributed by atoms with E-state index in [0.29, 0.717) is 0 Å². The van der Waals surface area contributed by atoms with E-state index in [1.807, 2.05) is 0 Å². The molecule has 0 aromatic carbocycles. The molecule has 0 unspecified atom stereocenters. The largest absolute Gasteiger partial charge is 0.384 e. The van der Waals surface area contributed by atoms with Crippen molar-refractivity contribution < 1.29 is 10.2 Å². The summed E-state index contributed by atoms with van der Waals surface area (Å²) in [6.45, 7) is 2.06. The molecule has 0 saturated heterocycles. The summed E-state index contributed by atoms with van der Waals surface area (Å²) in [7, 11) is 0. The van der Waals surface area contributed by atoms with Gasteiger partial charge in [-0.15, -0.1) is 0 Å². The van der Waals surface area contributed by atoms with Gasteiger partial charge in [0.2, 0.25) is 0 Å². The summed E-state index contributed by atoms with van der Waals surface area (Å²) in [5.41, 5.74) is 0. The van der Waals surface area contributed by atoms with Gasteiger partial charge in [0.05, 0.1) is 0 Å². The molecule has 0 rings (SSSR count). The smallest absolute Gasteiger partial charge is 0.115 e. The maximum absolute atomic E-state index is 9.54. The molecule has 2 nitrogen and oxygen atoms in total. The fraction of sp³-hybridized carbons (Fsp3) is 0.765. The van der Waals surface area contributed by atoms with Crippen LogP contribution in [0.2, 0.25) is 0 Å². The van der Waals surface area contributed by atoms with Crippen LogP contribution in [-0.4, -0.2) is 22.9 Å². The Morgan fingerprint density at radius 1 is 0.842 bits per heavy atom. The van der Waals surface area contributed by atoms with Gasteiger partial charge in [0.25, 0.3) is 0 Å². The Morgan fingerprint density at radius 3 is 2.00 bits per heavy atom. The second-order valence-electron chi connectivity index (χ2n) is 4.86. The average molecular weight is 264 g/mol. The van der Waals surface area contributed by atoms with E-state index in [0.717, 1.165) is 12.8 Å². The van der Waals surface area contributed by atoms with E-state index in [1.54, 1.807) is 0 Å². The number of aliphatic hydroxyl groups is 2.